The highest BCUT2D eigenvalue weighted by Crippen LogP contribution is 2.52. The topological polar surface area (TPSA) is 55.2 Å². The summed E-state index contributed by atoms with van der Waals surface area (Å²) >= 11 is 6.12. The van der Waals surface area contributed by atoms with E-state index in [1.807, 2.05) is 35.1 Å². The summed E-state index contributed by atoms with van der Waals surface area (Å²) in [4.78, 5) is 26.5. The molecule has 7 heteroatoms. The van der Waals surface area contributed by atoms with Crippen LogP contribution in [0.15, 0.2) is 60.3 Å². The second kappa shape index (κ2) is 9.66. The van der Waals surface area contributed by atoms with Gasteiger partial charge in [-0.05, 0) is 85.1 Å². The molecule has 1 saturated carbocycles. The molecule has 4 atom stereocenters. The highest BCUT2D eigenvalue weighted by Gasteiger charge is 2.42. The molecule has 0 spiro atoms. The van der Waals surface area contributed by atoms with E-state index in [2.05, 4.69) is 18.1 Å². The Balaban J connectivity index is 1.47. The first-order valence-electron chi connectivity index (χ1n) is 12.3. The summed E-state index contributed by atoms with van der Waals surface area (Å²) in [7, 11) is 0. The molecule has 2 aliphatic carbocycles. The lowest BCUT2D eigenvalue weighted by molar-refractivity contribution is -0.145. The number of fused-ring (bicyclic) bond motifs is 2. The van der Waals surface area contributed by atoms with E-state index in [0.29, 0.717) is 23.3 Å². The van der Waals surface area contributed by atoms with Crippen LogP contribution in [0.5, 0.6) is 0 Å². The molecule has 2 amide bonds. The largest absolute Gasteiger partial charge is 0.275 e. The number of halogens is 2. The summed E-state index contributed by atoms with van der Waals surface area (Å²) in [6, 6.07) is 13.5. The lowest BCUT2D eigenvalue weighted by Crippen LogP contribution is -2.38. The number of aromatic nitrogens is 2. The van der Waals surface area contributed by atoms with Crippen LogP contribution in [0.25, 0.3) is 11.8 Å². The van der Waals surface area contributed by atoms with Crippen LogP contribution in [0.2, 0.25) is 5.02 Å². The number of imide groups is 1. The molecule has 1 heterocycles. The van der Waals surface area contributed by atoms with Crippen molar-refractivity contribution in [3.63, 3.8) is 0 Å². The van der Waals surface area contributed by atoms with Gasteiger partial charge in [0.05, 0.1) is 23.6 Å². The number of allylic oxidation sites excluding steroid dienone is 1. The lowest BCUT2D eigenvalue weighted by Gasteiger charge is -2.35. The Morgan fingerprint density at radius 1 is 1.11 bits per heavy atom. The van der Waals surface area contributed by atoms with Crippen molar-refractivity contribution in [2.45, 2.75) is 52.0 Å². The minimum absolute atomic E-state index is 0.232. The number of benzene rings is 2. The van der Waals surface area contributed by atoms with Gasteiger partial charge in [0.2, 0.25) is 11.8 Å². The molecule has 0 bridgehead atoms. The smallest absolute Gasteiger partial charge is 0.226 e. The fraction of sp³-hybridized carbons (Fsp3) is 0.345. The molecule has 2 aromatic carbocycles. The summed E-state index contributed by atoms with van der Waals surface area (Å²) in [5.74, 6) is 0.0576. The first kappa shape index (κ1) is 24.4. The predicted molar refractivity (Wildman–Crippen MR) is 138 cm³/mol. The van der Waals surface area contributed by atoms with Crippen molar-refractivity contribution in [1.82, 2.24) is 14.7 Å². The standard InChI is InChI=1S/C29H29ClFN3O2/c1-17-26-16-32-34(25-12-10-24(31)11-13-25)28(26)15-22-5-4-21(29(17)22)14-27(33(18(2)35)19(3)36)20-6-8-23(30)9-7-20/h6-13,15-17,21,27,29H,4-5,14H2,1-3H3/t17-,21+,27?,29-/m0/s1. The molecule has 186 valence electrons. The summed E-state index contributed by atoms with van der Waals surface area (Å²) in [5.41, 5.74) is 5.32. The van der Waals surface area contributed by atoms with Crippen molar-refractivity contribution >= 4 is 29.5 Å². The monoisotopic (exact) mass is 505 g/mol. The van der Waals surface area contributed by atoms with Crippen molar-refractivity contribution < 1.29 is 14.0 Å². The van der Waals surface area contributed by atoms with Gasteiger partial charge in [-0.1, -0.05) is 36.2 Å². The third-order valence-corrected chi connectivity index (χ3v) is 8.02. The third-order valence-electron chi connectivity index (χ3n) is 7.77. The first-order chi connectivity index (χ1) is 17.2. The number of rotatable bonds is 5. The Morgan fingerprint density at radius 2 is 1.78 bits per heavy atom. The maximum absolute atomic E-state index is 13.5. The van der Waals surface area contributed by atoms with Crippen molar-refractivity contribution in [3.05, 3.63) is 88.0 Å². The maximum atomic E-state index is 13.5. The number of nitrogens with zero attached hydrogens (tertiary/aromatic N) is 3. The molecule has 0 aliphatic heterocycles. The Bertz CT molecular complexity index is 1320. The molecule has 0 N–H and O–H groups in total. The van der Waals surface area contributed by atoms with E-state index in [0.717, 1.165) is 35.3 Å². The number of hydrogen-bond donors (Lipinski definition) is 0. The van der Waals surface area contributed by atoms with E-state index in [-0.39, 0.29) is 29.6 Å². The van der Waals surface area contributed by atoms with E-state index in [9.17, 15) is 14.0 Å². The fourth-order valence-corrected chi connectivity index (χ4v) is 6.34. The lowest BCUT2D eigenvalue weighted by atomic mass is 9.73. The van der Waals surface area contributed by atoms with Crippen LogP contribution in [-0.4, -0.2) is 26.5 Å². The summed E-state index contributed by atoms with van der Waals surface area (Å²) in [6.07, 6.45) is 6.79. The molecule has 0 saturated heterocycles. The van der Waals surface area contributed by atoms with E-state index in [1.54, 1.807) is 12.1 Å². The number of carbonyl (C=O) groups excluding carboxylic acids is 2. The second-order valence-electron chi connectivity index (χ2n) is 9.92. The van der Waals surface area contributed by atoms with Gasteiger partial charge in [-0.15, -0.1) is 0 Å². The van der Waals surface area contributed by atoms with Crippen molar-refractivity contribution in [2.24, 2.45) is 11.8 Å². The van der Waals surface area contributed by atoms with Crippen molar-refractivity contribution in [3.8, 4) is 5.69 Å². The van der Waals surface area contributed by atoms with Crippen LogP contribution in [0.4, 0.5) is 4.39 Å². The second-order valence-corrected chi connectivity index (χ2v) is 10.4. The molecular formula is C29H29ClFN3O2. The molecule has 3 aromatic rings. The predicted octanol–water partition coefficient (Wildman–Crippen LogP) is 6.72. The maximum Gasteiger partial charge on any atom is 0.226 e. The van der Waals surface area contributed by atoms with E-state index in [4.69, 9.17) is 11.6 Å². The van der Waals surface area contributed by atoms with Gasteiger partial charge in [0.25, 0.3) is 0 Å². The van der Waals surface area contributed by atoms with Crippen molar-refractivity contribution in [1.29, 1.82) is 0 Å². The number of hydrogen-bond acceptors (Lipinski definition) is 3. The van der Waals surface area contributed by atoms with Gasteiger partial charge in [0.1, 0.15) is 5.82 Å². The van der Waals surface area contributed by atoms with E-state index in [1.165, 1.54) is 36.5 Å². The molecule has 1 aromatic heterocycles. The quantitative estimate of drug-likeness (QED) is 0.387. The number of amides is 2. The number of carbonyl (C=O) groups is 2. The van der Waals surface area contributed by atoms with Crippen LogP contribution < -0.4 is 0 Å². The Labute approximate surface area is 215 Å². The molecule has 1 unspecified atom stereocenters. The van der Waals surface area contributed by atoms with Gasteiger partial charge >= 0.3 is 0 Å². The molecule has 0 radical (unpaired) electrons. The van der Waals surface area contributed by atoms with Gasteiger partial charge < -0.3 is 0 Å². The molecular weight excluding hydrogens is 477 g/mol. The van der Waals surface area contributed by atoms with Gasteiger partial charge in [-0.25, -0.2) is 9.07 Å². The molecule has 36 heavy (non-hydrogen) atoms. The Hall–Kier alpha value is -3.25. The summed E-state index contributed by atoms with van der Waals surface area (Å²) in [6.45, 7) is 5.13. The molecule has 1 fully saturated rings. The Morgan fingerprint density at radius 3 is 2.42 bits per heavy atom. The van der Waals surface area contributed by atoms with Gasteiger partial charge in [-0.2, -0.15) is 5.10 Å². The summed E-state index contributed by atoms with van der Waals surface area (Å²) < 4.78 is 15.3. The van der Waals surface area contributed by atoms with Gasteiger partial charge in [0, 0.05) is 24.4 Å². The summed E-state index contributed by atoms with van der Waals surface area (Å²) in [5, 5.41) is 5.25. The van der Waals surface area contributed by atoms with E-state index >= 15 is 0 Å². The highest BCUT2D eigenvalue weighted by atomic mass is 35.5. The zero-order valence-corrected chi connectivity index (χ0v) is 21.4. The average Bonchev–Trinajstić information content (AvgIpc) is 3.44. The van der Waals surface area contributed by atoms with Crippen LogP contribution in [0.1, 0.15) is 68.8 Å². The highest BCUT2D eigenvalue weighted by molar-refractivity contribution is 6.30. The zero-order valence-electron chi connectivity index (χ0n) is 20.6. The first-order valence-corrected chi connectivity index (χ1v) is 12.7. The minimum Gasteiger partial charge on any atom is -0.275 e. The van der Waals surface area contributed by atoms with Crippen molar-refractivity contribution in [2.75, 3.05) is 0 Å². The molecule has 5 rings (SSSR count). The van der Waals surface area contributed by atoms with Crippen LogP contribution in [0, 0.1) is 17.7 Å². The fourth-order valence-electron chi connectivity index (χ4n) is 6.21. The van der Waals surface area contributed by atoms with Gasteiger partial charge in [0.15, 0.2) is 0 Å². The Kier molecular flexibility index (Phi) is 6.56. The van der Waals surface area contributed by atoms with Gasteiger partial charge in [-0.3, -0.25) is 14.5 Å². The normalized spacial score (nSPS) is 21.4. The SMILES string of the molecule is CC(=O)N(C(C)=O)C(C[C@H]1CCC2=Cc3c(cnn3-c3ccc(F)cc3)[C@H](C)[C@H]21)c1ccc(Cl)cc1. The van der Waals surface area contributed by atoms with Crippen LogP contribution >= 0.6 is 11.6 Å². The van der Waals surface area contributed by atoms with Crippen LogP contribution in [0.3, 0.4) is 0 Å². The minimum atomic E-state index is -0.350. The average molecular weight is 506 g/mol. The molecule has 2 aliphatic rings. The third kappa shape index (κ3) is 4.39. The van der Waals surface area contributed by atoms with Crippen LogP contribution in [-0.2, 0) is 9.59 Å². The molecule has 5 nitrogen and oxygen atoms in total. The zero-order chi connectivity index (χ0) is 25.6. The van der Waals surface area contributed by atoms with E-state index < -0.39 is 0 Å².